The van der Waals surface area contributed by atoms with E-state index >= 15 is 0 Å². The van der Waals surface area contributed by atoms with E-state index in [4.69, 9.17) is 5.73 Å². The van der Waals surface area contributed by atoms with Gasteiger partial charge in [-0.1, -0.05) is 37.5 Å². The zero-order valence-corrected chi connectivity index (χ0v) is 17.3. The smallest absolute Gasteiger partial charge is 0.254 e. The average Bonchev–Trinajstić information content (AvgIpc) is 2.78. The number of carbonyl (C=O) groups excluding carboxylic acids is 2. The number of hydrogen-bond donors (Lipinski definition) is 2. The molecule has 3 N–H and O–H groups in total. The maximum absolute atomic E-state index is 13.5. The van der Waals surface area contributed by atoms with Gasteiger partial charge < -0.3 is 16.0 Å². The minimum Gasteiger partial charge on any atom is -0.334 e. The van der Waals surface area contributed by atoms with Gasteiger partial charge in [0.25, 0.3) is 5.91 Å². The second-order valence-corrected chi connectivity index (χ2v) is 7.90. The topological polar surface area (TPSA) is 75.4 Å². The lowest BCUT2D eigenvalue weighted by Gasteiger charge is -2.23. The third kappa shape index (κ3) is 6.13. The molecule has 3 rings (SSSR count). The zero-order chi connectivity index (χ0) is 21.3. The monoisotopic (exact) mass is 411 g/mol. The van der Waals surface area contributed by atoms with E-state index in [9.17, 15) is 14.0 Å². The summed E-state index contributed by atoms with van der Waals surface area (Å²) in [5, 5.41) is 3.00. The molecule has 0 saturated heterocycles. The fourth-order valence-corrected chi connectivity index (χ4v) is 3.86. The number of halogens is 1. The Morgan fingerprint density at radius 1 is 1.07 bits per heavy atom. The Kier molecular flexibility index (Phi) is 7.97. The number of nitrogens with one attached hydrogen (secondary N) is 1. The Labute approximate surface area is 177 Å². The lowest BCUT2D eigenvalue weighted by atomic mass is 9.88. The van der Waals surface area contributed by atoms with Crippen LogP contribution in [0, 0.1) is 11.7 Å². The molecule has 0 spiro atoms. The number of nitrogens with two attached hydrogens (primary N) is 1. The van der Waals surface area contributed by atoms with Gasteiger partial charge in [0.2, 0.25) is 5.91 Å². The molecular weight excluding hydrogens is 381 g/mol. The van der Waals surface area contributed by atoms with E-state index in [1.165, 1.54) is 24.6 Å². The van der Waals surface area contributed by atoms with Crippen molar-refractivity contribution < 1.29 is 14.0 Å². The molecule has 5 nitrogen and oxygen atoms in total. The lowest BCUT2D eigenvalue weighted by Crippen LogP contribution is -2.32. The molecule has 160 valence electrons. The molecule has 2 amide bonds. The van der Waals surface area contributed by atoms with Crippen LogP contribution in [-0.4, -0.2) is 29.8 Å². The fourth-order valence-electron chi connectivity index (χ4n) is 3.86. The van der Waals surface area contributed by atoms with Gasteiger partial charge in [-0.05, 0) is 61.7 Å². The first-order valence-electron chi connectivity index (χ1n) is 10.7. The van der Waals surface area contributed by atoms with E-state index in [-0.39, 0.29) is 17.7 Å². The van der Waals surface area contributed by atoms with Gasteiger partial charge >= 0.3 is 0 Å². The molecule has 0 atom stereocenters. The standard InChI is InChI=1S/C24H30FN3O2/c25-21-9-4-8-20(16-21)24(30)28(15-5-14-26)17-18-10-12-22(13-11-18)27-23(29)19-6-2-1-3-7-19/h4,8-13,16,19H,1-3,5-7,14-15,17,26H2,(H,27,29). The van der Waals surface area contributed by atoms with Crippen LogP contribution >= 0.6 is 0 Å². The molecule has 0 aromatic heterocycles. The summed E-state index contributed by atoms with van der Waals surface area (Å²) < 4.78 is 13.5. The molecule has 1 aliphatic rings. The number of amides is 2. The molecule has 30 heavy (non-hydrogen) atoms. The Morgan fingerprint density at radius 2 is 1.80 bits per heavy atom. The van der Waals surface area contributed by atoms with Crippen molar-refractivity contribution in [1.29, 1.82) is 0 Å². The molecule has 6 heteroatoms. The summed E-state index contributed by atoms with van der Waals surface area (Å²) in [4.78, 5) is 26.9. The molecular formula is C24H30FN3O2. The SMILES string of the molecule is NCCCN(Cc1ccc(NC(=O)C2CCCCC2)cc1)C(=O)c1cccc(F)c1. The molecule has 2 aromatic carbocycles. The van der Waals surface area contributed by atoms with Crippen molar-refractivity contribution in [2.75, 3.05) is 18.4 Å². The average molecular weight is 412 g/mol. The Hall–Kier alpha value is -2.73. The van der Waals surface area contributed by atoms with Crippen molar-refractivity contribution in [3.8, 4) is 0 Å². The van der Waals surface area contributed by atoms with Crippen molar-refractivity contribution in [1.82, 2.24) is 4.90 Å². The number of anilines is 1. The molecule has 0 bridgehead atoms. The van der Waals surface area contributed by atoms with Gasteiger partial charge in [-0.2, -0.15) is 0 Å². The minimum atomic E-state index is -0.433. The van der Waals surface area contributed by atoms with Crippen molar-refractivity contribution in [2.45, 2.75) is 45.1 Å². The summed E-state index contributed by atoms with van der Waals surface area (Å²) in [7, 11) is 0. The molecule has 0 heterocycles. The highest BCUT2D eigenvalue weighted by Gasteiger charge is 2.21. The van der Waals surface area contributed by atoms with Crippen LogP contribution in [0.15, 0.2) is 48.5 Å². The highest BCUT2D eigenvalue weighted by atomic mass is 19.1. The summed E-state index contributed by atoms with van der Waals surface area (Å²) in [6.45, 7) is 1.36. The fraction of sp³-hybridized carbons (Fsp3) is 0.417. The van der Waals surface area contributed by atoms with Crippen LogP contribution in [0.4, 0.5) is 10.1 Å². The van der Waals surface area contributed by atoms with Crippen molar-refractivity contribution >= 4 is 17.5 Å². The maximum Gasteiger partial charge on any atom is 0.254 e. The summed E-state index contributed by atoms with van der Waals surface area (Å²) >= 11 is 0. The first-order valence-corrected chi connectivity index (χ1v) is 10.7. The number of hydrogen-bond acceptors (Lipinski definition) is 3. The normalized spacial score (nSPS) is 14.3. The number of benzene rings is 2. The lowest BCUT2D eigenvalue weighted by molar-refractivity contribution is -0.120. The highest BCUT2D eigenvalue weighted by molar-refractivity contribution is 5.94. The van der Waals surface area contributed by atoms with Gasteiger partial charge in [0.1, 0.15) is 5.82 Å². The molecule has 2 aromatic rings. The van der Waals surface area contributed by atoms with Gasteiger partial charge in [-0.3, -0.25) is 9.59 Å². The highest BCUT2D eigenvalue weighted by Crippen LogP contribution is 2.25. The third-order valence-electron chi connectivity index (χ3n) is 5.56. The number of carbonyl (C=O) groups is 2. The first kappa shape index (κ1) is 22.0. The second kappa shape index (κ2) is 10.9. The van der Waals surface area contributed by atoms with Gasteiger partial charge in [0.15, 0.2) is 0 Å². The summed E-state index contributed by atoms with van der Waals surface area (Å²) in [6.07, 6.45) is 6.04. The van der Waals surface area contributed by atoms with E-state index in [2.05, 4.69) is 5.32 Å². The second-order valence-electron chi connectivity index (χ2n) is 7.90. The Bertz CT molecular complexity index is 848. The van der Waals surface area contributed by atoms with E-state index in [1.807, 2.05) is 24.3 Å². The van der Waals surface area contributed by atoms with Gasteiger partial charge in [-0.15, -0.1) is 0 Å². The van der Waals surface area contributed by atoms with E-state index < -0.39 is 5.82 Å². The molecule has 1 saturated carbocycles. The largest absolute Gasteiger partial charge is 0.334 e. The van der Waals surface area contributed by atoms with Gasteiger partial charge in [-0.25, -0.2) is 4.39 Å². The zero-order valence-electron chi connectivity index (χ0n) is 17.3. The third-order valence-corrected chi connectivity index (χ3v) is 5.56. The maximum atomic E-state index is 13.5. The number of rotatable bonds is 8. The predicted octanol–water partition coefficient (Wildman–Crippen LogP) is 4.34. The van der Waals surface area contributed by atoms with Crippen LogP contribution in [0.2, 0.25) is 0 Å². The van der Waals surface area contributed by atoms with Crippen molar-refractivity contribution in [2.24, 2.45) is 11.7 Å². The van der Waals surface area contributed by atoms with Crippen LogP contribution in [0.3, 0.4) is 0 Å². The summed E-state index contributed by atoms with van der Waals surface area (Å²) in [6, 6.07) is 13.3. The van der Waals surface area contributed by atoms with Gasteiger partial charge in [0, 0.05) is 30.3 Å². The first-order chi connectivity index (χ1) is 14.6. The molecule has 1 fully saturated rings. The molecule has 0 unspecified atom stereocenters. The van der Waals surface area contributed by atoms with E-state index in [0.29, 0.717) is 31.6 Å². The quantitative estimate of drug-likeness (QED) is 0.679. The van der Waals surface area contributed by atoms with Crippen LogP contribution in [0.25, 0.3) is 0 Å². The Morgan fingerprint density at radius 3 is 2.47 bits per heavy atom. The molecule has 0 aliphatic heterocycles. The van der Waals surface area contributed by atoms with Crippen molar-refractivity contribution in [3.05, 3.63) is 65.5 Å². The van der Waals surface area contributed by atoms with E-state index in [1.54, 1.807) is 11.0 Å². The minimum absolute atomic E-state index is 0.0910. The van der Waals surface area contributed by atoms with Crippen LogP contribution < -0.4 is 11.1 Å². The van der Waals surface area contributed by atoms with Gasteiger partial charge in [0.05, 0.1) is 0 Å². The van der Waals surface area contributed by atoms with Crippen LogP contribution in [0.1, 0.15) is 54.4 Å². The predicted molar refractivity (Wildman–Crippen MR) is 116 cm³/mol. The summed E-state index contributed by atoms with van der Waals surface area (Å²) in [5.74, 6) is -0.460. The number of nitrogens with zero attached hydrogens (tertiary/aromatic N) is 1. The van der Waals surface area contributed by atoms with E-state index in [0.717, 1.165) is 36.9 Å². The Balaban J connectivity index is 1.64. The van der Waals surface area contributed by atoms with Crippen LogP contribution in [-0.2, 0) is 11.3 Å². The summed E-state index contributed by atoms with van der Waals surface area (Å²) in [5.41, 5.74) is 7.65. The van der Waals surface area contributed by atoms with Crippen LogP contribution in [0.5, 0.6) is 0 Å². The molecule has 0 radical (unpaired) electrons. The van der Waals surface area contributed by atoms with Crippen molar-refractivity contribution in [3.63, 3.8) is 0 Å². The molecule has 1 aliphatic carbocycles.